The number of thiazole rings is 1. The maximum absolute atomic E-state index is 11.1. The molecule has 0 bridgehead atoms. The number of rotatable bonds is 6. The smallest absolute Gasteiger partial charge is 0.220 e. The average Bonchev–Trinajstić information content (AvgIpc) is 2.87. The van der Waals surface area contributed by atoms with Crippen molar-refractivity contribution in [1.29, 1.82) is 0 Å². The van der Waals surface area contributed by atoms with Gasteiger partial charge in [0.05, 0.1) is 16.6 Å². The van der Waals surface area contributed by atoms with Crippen molar-refractivity contribution in [2.75, 3.05) is 19.6 Å². The third-order valence-electron chi connectivity index (χ3n) is 3.59. The van der Waals surface area contributed by atoms with E-state index in [2.05, 4.69) is 9.88 Å². The van der Waals surface area contributed by atoms with Gasteiger partial charge in [0.2, 0.25) is 5.91 Å². The van der Waals surface area contributed by atoms with Gasteiger partial charge in [-0.15, -0.1) is 22.9 Å². The van der Waals surface area contributed by atoms with Gasteiger partial charge in [-0.05, 0) is 38.9 Å². The predicted molar refractivity (Wildman–Crippen MR) is 78.4 cm³/mol. The molecular formula is C13H20ClN3OS. The van der Waals surface area contributed by atoms with Gasteiger partial charge in [-0.25, -0.2) is 4.98 Å². The number of halogens is 1. The number of hydrogen-bond donors (Lipinski definition) is 1. The third-order valence-corrected chi connectivity index (χ3v) is 4.82. The highest BCUT2D eigenvalue weighted by atomic mass is 35.5. The van der Waals surface area contributed by atoms with Crippen LogP contribution in [-0.2, 0) is 17.1 Å². The molecule has 1 saturated heterocycles. The van der Waals surface area contributed by atoms with E-state index >= 15 is 0 Å². The molecular weight excluding hydrogens is 282 g/mol. The van der Waals surface area contributed by atoms with E-state index in [0.717, 1.165) is 51.0 Å². The second-order valence-electron chi connectivity index (χ2n) is 4.99. The number of nitrogens with zero attached hydrogens (tertiary/aromatic N) is 2. The molecule has 0 saturated carbocycles. The molecule has 6 heteroatoms. The highest BCUT2D eigenvalue weighted by Gasteiger charge is 2.22. The van der Waals surface area contributed by atoms with Crippen LogP contribution in [0.2, 0.25) is 0 Å². The van der Waals surface area contributed by atoms with Crippen LogP contribution in [0.5, 0.6) is 0 Å². The molecule has 1 aromatic heterocycles. The summed E-state index contributed by atoms with van der Waals surface area (Å²) in [5.74, 6) is 0.439. The van der Waals surface area contributed by atoms with E-state index in [0.29, 0.717) is 5.88 Å². The van der Waals surface area contributed by atoms with Gasteiger partial charge < -0.3 is 10.6 Å². The summed E-state index contributed by atoms with van der Waals surface area (Å²) in [6.07, 6.45) is 3.93. The molecule has 0 radical (unpaired) electrons. The van der Waals surface area contributed by atoms with E-state index in [1.165, 1.54) is 5.01 Å². The van der Waals surface area contributed by atoms with Crippen molar-refractivity contribution in [3.63, 3.8) is 0 Å². The number of aromatic nitrogens is 1. The second-order valence-corrected chi connectivity index (χ2v) is 6.20. The minimum Gasteiger partial charge on any atom is -0.369 e. The zero-order valence-corrected chi connectivity index (χ0v) is 12.6. The van der Waals surface area contributed by atoms with Gasteiger partial charge in [0.1, 0.15) is 0 Å². The van der Waals surface area contributed by atoms with Crippen molar-refractivity contribution >= 4 is 28.8 Å². The standard InChI is InChI=1S/C13H20ClN3OS/c14-8-11-9-19-12(16-11)2-1-5-17-6-3-10(4-7-17)13(15)18/h9-10H,1-8H2,(H2,15,18). The van der Waals surface area contributed by atoms with Crippen LogP contribution in [0.25, 0.3) is 0 Å². The van der Waals surface area contributed by atoms with E-state index in [-0.39, 0.29) is 11.8 Å². The number of alkyl halides is 1. The highest BCUT2D eigenvalue weighted by molar-refractivity contribution is 7.09. The third kappa shape index (κ3) is 4.44. The molecule has 1 fully saturated rings. The molecule has 0 aromatic carbocycles. The lowest BCUT2D eigenvalue weighted by molar-refractivity contribution is -0.123. The summed E-state index contributed by atoms with van der Waals surface area (Å²) in [5, 5.41) is 3.20. The van der Waals surface area contributed by atoms with Gasteiger partial charge in [0.25, 0.3) is 0 Å². The Morgan fingerprint density at radius 2 is 2.26 bits per heavy atom. The fourth-order valence-corrected chi connectivity index (χ4v) is 3.49. The zero-order valence-electron chi connectivity index (χ0n) is 11.0. The lowest BCUT2D eigenvalue weighted by Crippen LogP contribution is -2.39. The van der Waals surface area contributed by atoms with E-state index in [4.69, 9.17) is 17.3 Å². The maximum atomic E-state index is 11.1. The topological polar surface area (TPSA) is 59.2 Å². The minimum atomic E-state index is -0.143. The first-order valence-electron chi connectivity index (χ1n) is 6.70. The SMILES string of the molecule is NC(=O)C1CCN(CCCc2nc(CCl)cs2)CC1. The minimum absolute atomic E-state index is 0.0847. The van der Waals surface area contributed by atoms with E-state index < -0.39 is 0 Å². The van der Waals surface area contributed by atoms with Crippen molar-refractivity contribution in [3.8, 4) is 0 Å². The summed E-state index contributed by atoms with van der Waals surface area (Å²) < 4.78 is 0. The number of carbonyl (C=O) groups excluding carboxylic acids is 1. The summed E-state index contributed by atoms with van der Waals surface area (Å²) in [7, 11) is 0. The fourth-order valence-electron chi connectivity index (χ4n) is 2.42. The normalized spacial score (nSPS) is 17.7. The zero-order chi connectivity index (χ0) is 13.7. The van der Waals surface area contributed by atoms with Gasteiger partial charge in [-0.2, -0.15) is 0 Å². The Balaban J connectivity index is 1.65. The molecule has 0 spiro atoms. The summed E-state index contributed by atoms with van der Waals surface area (Å²) in [6, 6.07) is 0. The quantitative estimate of drug-likeness (QED) is 0.818. The van der Waals surface area contributed by atoms with Crippen LogP contribution in [0.4, 0.5) is 0 Å². The highest BCUT2D eigenvalue weighted by Crippen LogP contribution is 2.18. The first-order chi connectivity index (χ1) is 9.19. The lowest BCUT2D eigenvalue weighted by atomic mass is 9.96. The Kier molecular flexibility index (Phi) is 5.60. The molecule has 1 aromatic rings. The average molecular weight is 302 g/mol. The van der Waals surface area contributed by atoms with Crippen LogP contribution in [0, 0.1) is 5.92 Å². The predicted octanol–water partition coefficient (Wildman–Crippen LogP) is 2.01. The fraction of sp³-hybridized carbons (Fsp3) is 0.692. The Hall–Kier alpha value is -0.650. The Morgan fingerprint density at radius 3 is 2.84 bits per heavy atom. The number of amides is 1. The van der Waals surface area contributed by atoms with Gasteiger partial charge in [-0.1, -0.05) is 0 Å². The van der Waals surface area contributed by atoms with Crippen LogP contribution >= 0.6 is 22.9 Å². The molecule has 4 nitrogen and oxygen atoms in total. The molecule has 2 N–H and O–H groups in total. The van der Waals surface area contributed by atoms with Gasteiger partial charge in [0.15, 0.2) is 0 Å². The molecule has 1 amide bonds. The lowest BCUT2D eigenvalue weighted by Gasteiger charge is -2.30. The van der Waals surface area contributed by atoms with E-state index in [1.807, 2.05) is 5.38 Å². The Bertz CT molecular complexity index is 416. The van der Waals surface area contributed by atoms with Crippen molar-refractivity contribution in [2.24, 2.45) is 11.7 Å². The summed E-state index contributed by atoms with van der Waals surface area (Å²) in [6.45, 7) is 3.04. The molecule has 2 heterocycles. The molecule has 0 aliphatic carbocycles. The first kappa shape index (κ1) is 14.8. The largest absolute Gasteiger partial charge is 0.369 e. The van der Waals surface area contributed by atoms with Gasteiger partial charge >= 0.3 is 0 Å². The van der Waals surface area contributed by atoms with Crippen LogP contribution in [0.15, 0.2) is 5.38 Å². The van der Waals surface area contributed by atoms with Gasteiger partial charge in [-0.3, -0.25) is 4.79 Å². The monoisotopic (exact) mass is 301 g/mol. The summed E-state index contributed by atoms with van der Waals surface area (Å²) in [5.41, 5.74) is 6.30. The van der Waals surface area contributed by atoms with Crippen LogP contribution in [-0.4, -0.2) is 35.4 Å². The Morgan fingerprint density at radius 1 is 1.53 bits per heavy atom. The molecule has 19 heavy (non-hydrogen) atoms. The summed E-state index contributed by atoms with van der Waals surface area (Å²) in [4.78, 5) is 17.9. The van der Waals surface area contributed by atoms with Crippen molar-refractivity contribution < 1.29 is 4.79 Å². The number of carbonyl (C=O) groups is 1. The number of primary amides is 1. The molecule has 106 valence electrons. The van der Waals surface area contributed by atoms with E-state index in [9.17, 15) is 4.79 Å². The number of nitrogens with two attached hydrogens (primary N) is 1. The Labute approximate surface area is 122 Å². The van der Waals surface area contributed by atoms with Crippen molar-refractivity contribution in [3.05, 3.63) is 16.1 Å². The van der Waals surface area contributed by atoms with Crippen LogP contribution < -0.4 is 5.73 Å². The van der Waals surface area contributed by atoms with Crippen LogP contribution in [0.1, 0.15) is 30.0 Å². The first-order valence-corrected chi connectivity index (χ1v) is 8.11. The number of hydrogen-bond acceptors (Lipinski definition) is 4. The second kappa shape index (κ2) is 7.22. The molecule has 2 rings (SSSR count). The van der Waals surface area contributed by atoms with Crippen molar-refractivity contribution in [1.82, 2.24) is 9.88 Å². The van der Waals surface area contributed by atoms with Crippen LogP contribution in [0.3, 0.4) is 0 Å². The molecule has 1 aliphatic rings. The summed E-state index contributed by atoms with van der Waals surface area (Å²) >= 11 is 7.42. The van der Waals surface area contributed by atoms with Gasteiger partial charge in [0, 0.05) is 17.7 Å². The number of likely N-dealkylation sites (tertiary alicyclic amines) is 1. The van der Waals surface area contributed by atoms with Crippen molar-refractivity contribution in [2.45, 2.75) is 31.6 Å². The number of aryl methyl sites for hydroxylation is 1. The molecule has 1 aliphatic heterocycles. The van der Waals surface area contributed by atoms with E-state index in [1.54, 1.807) is 11.3 Å². The maximum Gasteiger partial charge on any atom is 0.220 e. The number of piperidine rings is 1. The molecule has 0 unspecified atom stereocenters. The molecule has 0 atom stereocenters.